The topological polar surface area (TPSA) is 54.1 Å². The highest BCUT2D eigenvalue weighted by atomic mass is 32.2. The van der Waals surface area contributed by atoms with Crippen molar-refractivity contribution in [2.75, 3.05) is 9.80 Å². The van der Waals surface area contributed by atoms with Gasteiger partial charge in [-0.3, -0.25) is 0 Å². The van der Waals surface area contributed by atoms with Gasteiger partial charge in [0.2, 0.25) is 0 Å². The summed E-state index contributed by atoms with van der Waals surface area (Å²) in [6, 6.07) is 58.6. The Labute approximate surface area is 336 Å². The van der Waals surface area contributed by atoms with E-state index >= 15 is 0 Å². The van der Waals surface area contributed by atoms with Crippen LogP contribution in [0.15, 0.2) is 171 Å². The molecular weight excluding hydrogens is 721 g/mol. The van der Waals surface area contributed by atoms with Gasteiger partial charge in [0, 0.05) is 30.7 Å². The first-order valence-corrected chi connectivity index (χ1v) is 20.9. The van der Waals surface area contributed by atoms with Crippen LogP contribution in [-0.2, 0) is 0 Å². The standard InChI is InChI=1S/C50H36N4S2/c51-31-33-22-26-36(27-23-33)48-42(53-38-14-4-8-18-44(38)55-45-19-9-5-15-39(45)53)30-43(54-40-16-6-10-20-46(40)56-47-21-11-7-17-41(47)54)49(37-28-24-34(32-52)25-29-37)50(48)35-12-2-1-3-13-35/h4-11,14-30,35H,1-3,12-13H2. The molecule has 1 saturated carbocycles. The minimum Gasteiger partial charge on any atom is -0.308 e. The molecule has 7 aromatic carbocycles. The Kier molecular flexibility index (Phi) is 8.87. The number of para-hydroxylation sites is 4. The van der Waals surface area contributed by atoms with Gasteiger partial charge in [0.05, 0.1) is 57.4 Å². The number of rotatable bonds is 5. The van der Waals surface area contributed by atoms with Crippen LogP contribution in [0.25, 0.3) is 22.3 Å². The van der Waals surface area contributed by atoms with Crippen LogP contribution in [-0.4, -0.2) is 0 Å². The Balaban J connectivity index is 1.40. The fourth-order valence-electron chi connectivity index (χ4n) is 8.78. The number of fused-ring (bicyclic) bond motifs is 4. The smallest absolute Gasteiger partial charge is 0.0991 e. The van der Waals surface area contributed by atoms with Crippen molar-refractivity contribution in [2.45, 2.75) is 57.6 Å². The Morgan fingerprint density at radius 2 is 0.786 bits per heavy atom. The van der Waals surface area contributed by atoms with Crippen LogP contribution in [0.5, 0.6) is 0 Å². The number of hydrogen-bond donors (Lipinski definition) is 0. The monoisotopic (exact) mass is 756 g/mol. The van der Waals surface area contributed by atoms with E-state index < -0.39 is 0 Å². The van der Waals surface area contributed by atoms with Gasteiger partial charge in [-0.05, 0) is 114 Å². The lowest BCUT2D eigenvalue weighted by Gasteiger charge is -2.40. The summed E-state index contributed by atoms with van der Waals surface area (Å²) in [7, 11) is 0. The maximum atomic E-state index is 9.92. The number of hydrogen-bond acceptors (Lipinski definition) is 6. The summed E-state index contributed by atoms with van der Waals surface area (Å²) in [5.74, 6) is 0.285. The van der Waals surface area contributed by atoms with Crippen molar-refractivity contribution in [3.63, 3.8) is 0 Å². The van der Waals surface area contributed by atoms with E-state index in [4.69, 9.17) is 0 Å². The fraction of sp³-hybridized carbons (Fsp3) is 0.120. The van der Waals surface area contributed by atoms with Gasteiger partial charge in [-0.2, -0.15) is 10.5 Å². The van der Waals surface area contributed by atoms with Gasteiger partial charge < -0.3 is 9.80 Å². The Hall–Kier alpha value is -6.18. The third-order valence-electron chi connectivity index (χ3n) is 11.3. The molecule has 0 N–H and O–H groups in total. The molecule has 268 valence electrons. The van der Waals surface area contributed by atoms with Gasteiger partial charge in [-0.15, -0.1) is 0 Å². The zero-order valence-corrected chi connectivity index (χ0v) is 32.3. The molecule has 0 spiro atoms. The molecule has 1 fully saturated rings. The minimum atomic E-state index is 0.285. The molecular formula is C50H36N4S2. The van der Waals surface area contributed by atoms with Gasteiger partial charge in [-0.25, -0.2) is 0 Å². The lowest BCUT2D eigenvalue weighted by molar-refractivity contribution is 0.445. The van der Waals surface area contributed by atoms with Crippen molar-refractivity contribution in [1.29, 1.82) is 10.5 Å². The van der Waals surface area contributed by atoms with Gasteiger partial charge in [0.15, 0.2) is 0 Å². The zero-order chi connectivity index (χ0) is 37.6. The summed E-state index contributed by atoms with van der Waals surface area (Å²) in [4.78, 5) is 9.81. The second-order valence-electron chi connectivity index (χ2n) is 14.5. The molecule has 4 nitrogen and oxygen atoms in total. The fourth-order valence-corrected chi connectivity index (χ4v) is 10.9. The summed E-state index contributed by atoms with van der Waals surface area (Å²) in [5, 5.41) is 19.8. The van der Waals surface area contributed by atoms with E-state index in [0.717, 1.165) is 58.1 Å². The summed E-state index contributed by atoms with van der Waals surface area (Å²) < 4.78 is 0. The van der Waals surface area contributed by atoms with Gasteiger partial charge in [-0.1, -0.05) is 116 Å². The highest BCUT2D eigenvalue weighted by molar-refractivity contribution is 8.00. The number of benzene rings is 7. The molecule has 10 rings (SSSR count). The maximum absolute atomic E-state index is 9.92. The molecule has 6 heteroatoms. The summed E-state index contributed by atoms with van der Waals surface area (Å²) in [6.45, 7) is 0. The largest absolute Gasteiger partial charge is 0.308 e. The van der Waals surface area contributed by atoms with Gasteiger partial charge >= 0.3 is 0 Å². The molecule has 1 aliphatic carbocycles. The lowest BCUT2D eigenvalue weighted by atomic mass is 9.75. The third-order valence-corrected chi connectivity index (χ3v) is 13.5. The minimum absolute atomic E-state index is 0.285. The molecule has 2 aliphatic heterocycles. The summed E-state index contributed by atoms with van der Waals surface area (Å²) in [5.41, 5.74) is 14.0. The predicted octanol–water partition coefficient (Wildman–Crippen LogP) is 14.7. The Morgan fingerprint density at radius 3 is 1.14 bits per heavy atom. The molecule has 0 atom stereocenters. The number of anilines is 6. The highest BCUT2D eigenvalue weighted by Crippen LogP contribution is 2.60. The van der Waals surface area contributed by atoms with Crippen LogP contribution in [0.2, 0.25) is 0 Å². The van der Waals surface area contributed by atoms with Crippen molar-refractivity contribution >= 4 is 57.6 Å². The van der Waals surface area contributed by atoms with Crippen LogP contribution in [0, 0.1) is 22.7 Å². The molecule has 0 bridgehead atoms. The molecule has 2 heterocycles. The molecule has 0 amide bonds. The molecule has 0 radical (unpaired) electrons. The maximum Gasteiger partial charge on any atom is 0.0991 e. The highest BCUT2D eigenvalue weighted by Gasteiger charge is 2.36. The summed E-state index contributed by atoms with van der Waals surface area (Å²) >= 11 is 3.64. The first kappa shape index (κ1) is 34.3. The van der Waals surface area contributed by atoms with Crippen LogP contribution in [0.3, 0.4) is 0 Å². The van der Waals surface area contributed by atoms with Crippen LogP contribution in [0.1, 0.15) is 54.7 Å². The molecule has 0 saturated heterocycles. The quantitative estimate of drug-likeness (QED) is 0.174. The lowest BCUT2D eigenvalue weighted by Crippen LogP contribution is -2.21. The van der Waals surface area contributed by atoms with E-state index in [-0.39, 0.29) is 5.92 Å². The molecule has 0 aromatic heterocycles. The van der Waals surface area contributed by atoms with Crippen LogP contribution in [0.4, 0.5) is 34.1 Å². The predicted molar refractivity (Wildman–Crippen MR) is 230 cm³/mol. The molecule has 3 aliphatic rings. The van der Waals surface area contributed by atoms with E-state index in [1.54, 1.807) is 0 Å². The van der Waals surface area contributed by atoms with Crippen molar-refractivity contribution in [3.8, 4) is 34.4 Å². The zero-order valence-electron chi connectivity index (χ0n) is 30.7. The van der Waals surface area contributed by atoms with E-state index in [1.165, 1.54) is 55.5 Å². The van der Waals surface area contributed by atoms with Crippen molar-refractivity contribution in [3.05, 3.63) is 168 Å². The second-order valence-corrected chi connectivity index (χ2v) is 16.7. The van der Waals surface area contributed by atoms with Crippen molar-refractivity contribution < 1.29 is 0 Å². The average Bonchev–Trinajstić information content (AvgIpc) is 3.27. The van der Waals surface area contributed by atoms with E-state index in [2.05, 4.69) is 149 Å². The molecule has 56 heavy (non-hydrogen) atoms. The van der Waals surface area contributed by atoms with Gasteiger partial charge in [0.1, 0.15) is 0 Å². The number of nitriles is 2. The SMILES string of the molecule is N#Cc1ccc(-c2c(N3c4ccccc4Sc4ccccc43)cc(N3c4ccccc4Sc4ccccc43)c(-c3ccc(C#N)cc3)c2C2CCCCC2)cc1. The van der Waals surface area contributed by atoms with E-state index in [0.29, 0.717) is 11.1 Å². The van der Waals surface area contributed by atoms with Gasteiger partial charge in [0.25, 0.3) is 0 Å². The normalized spacial score (nSPS) is 14.5. The Bertz CT molecular complexity index is 2450. The van der Waals surface area contributed by atoms with Crippen LogP contribution < -0.4 is 9.80 Å². The average molecular weight is 757 g/mol. The van der Waals surface area contributed by atoms with Crippen LogP contribution >= 0.6 is 23.5 Å². The second kappa shape index (κ2) is 14.5. The molecule has 7 aromatic rings. The summed E-state index contributed by atoms with van der Waals surface area (Å²) in [6.07, 6.45) is 5.74. The first-order chi connectivity index (χ1) is 27.7. The van der Waals surface area contributed by atoms with Crippen molar-refractivity contribution in [2.24, 2.45) is 0 Å². The third kappa shape index (κ3) is 5.85. The van der Waals surface area contributed by atoms with Crippen molar-refractivity contribution in [1.82, 2.24) is 0 Å². The van der Waals surface area contributed by atoms with E-state index in [9.17, 15) is 10.5 Å². The molecule has 0 unspecified atom stereocenters. The first-order valence-electron chi connectivity index (χ1n) is 19.2. The Morgan fingerprint density at radius 1 is 0.429 bits per heavy atom. The van der Waals surface area contributed by atoms with E-state index in [1.807, 2.05) is 47.8 Å². The number of nitrogens with zero attached hydrogens (tertiary/aromatic N) is 4.